The highest BCUT2D eigenvalue weighted by atomic mass is 19.1. The number of benzene rings is 3. The fourth-order valence-electron chi connectivity index (χ4n) is 3.24. The van der Waals surface area contributed by atoms with E-state index >= 15 is 0 Å². The van der Waals surface area contributed by atoms with E-state index in [0.29, 0.717) is 18.5 Å². The second kappa shape index (κ2) is 8.14. The molecule has 0 atom stereocenters. The Morgan fingerprint density at radius 2 is 1.86 bits per heavy atom. The van der Waals surface area contributed by atoms with Gasteiger partial charge in [0.15, 0.2) is 11.6 Å². The molecule has 1 aromatic heterocycles. The lowest BCUT2D eigenvalue weighted by atomic mass is 10.1. The lowest BCUT2D eigenvalue weighted by Gasteiger charge is -2.11. The average Bonchev–Trinajstić information content (AvgIpc) is 3.16. The number of H-pyrrole nitrogens is 1. The molecule has 0 radical (unpaired) electrons. The Bertz CT molecular complexity index is 1140. The van der Waals surface area contributed by atoms with Crippen molar-refractivity contribution in [3.63, 3.8) is 0 Å². The summed E-state index contributed by atoms with van der Waals surface area (Å²) in [6, 6.07) is 19.6. The minimum atomic E-state index is -0.571. The van der Waals surface area contributed by atoms with E-state index in [4.69, 9.17) is 4.74 Å². The number of hydrogen-bond donors (Lipinski definition) is 2. The van der Waals surface area contributed by atoms with Gasteiger partial charge in [-0.2, -0.15) is 0 Å². The normalized spacial score (nSPS) is 10.8. The first kappa shape index (κ1) is 18.7. The van der Waals surface area contributed by atoms with E-state index in [9.17, 15) is 9.18 Å². The van der Waals surface area contributed by atoms with Crippen LogP contribution in [0.25, 0.3) is 11.0 Å². The zero-order valence-corrected chi connectivity index (χ0v) is 15.9. The van der Waals surface area contributed by atoms with Gasteiger partial charge in [-0.25, -0.2) is 9.37 Å². The number of halogens is 1. The van der Waals surface area contributed by atoms with E-state index in [1.807, 2.05) is 48.5 Å². The van der Waals surface area contributed by atoms with Gasteiger partial charge in [-0.1, -0.05) is 30.3 Å². The molecule has 0 bridgehead atoms. The number of ether oxygens (including phenoxy) is 1. The molecule has 0 aliphatic heterocycles. The fourth-order valence-corrected chi connectivity index (χ4v) is 3.24. The van der Waals surface area contributed by atoms with Crippen molar-refractivity contribution < 1.29 is 13.9 Å². The van der Waals surface area contributed by atoms with Crippen LogP contribution in [0.5, 0.6) is 5.75 Å². The Morgan fingerprint density at radius 1 is 1.07 bits per heavy atom. The van der Waals surface area contributed by atoms with E-state index in [1.165, 1.54) is 25.3 Å². The number of rotatable bonds is 6. The first-order chi connectivity index (χ1) is 14.1. The number of carbonyl (C=O) groups is 1. The summed E-state index contributed by atoms with van der Waals surface area (Å²) in [6.45, 7) is 0. The summed E-state index contributed by atoms with van der Waals surface area (Å²) < 4.78 is 18.8. The Kier molecular flexibility index (Phi) is 5.24. The van der Waals surface area contributed by atoms with E-state index < -0.39 is 5.82 Å². The molecule has 3 aromatic carbocycles. The van der Waals surface area contributed by atoms with Crippen molar-refractivity contribution in [3.8, 4) is 5.75 Å². The van der Waals surface area contributed by atoms with Crippen molar-refractivity contribution in [1.29, 1.82) is 0 Å². The van der Waals surface area contributed by atoms with Crippen molar-refractivity contribution in [2.24, 2.45) is 0 Å². The number of hydrogen-bond acceptors (Lipinski definition) is 3. The number of nitrogens with zero attached hydrogens (tertiary/aromatic N) is 1. The van der Waals surface area contributed by atoms with Crippen LogP contribution in [-0.4, -0.2) is 23.0 Å². The maximum Gasteiger partial charge on any atom is 0.255 e. The molecule has 29 heavy (non-hydrogen) atoms. The third-order valence-corrected chi connectivity index (χ3v) is 4.75. The summed E-state index contributed by atoms with van der Waals surface area (Å²) in [5.74, 6) is 0.0541. The van der Waals surface area contributed by atoms with Gasteiger partial charge in [-0.15, -0.1) is 0 Å². The maximum absolute atomic E-state index is 13.9. The van der Waals surface area contributed by atoms with Gasteiger partial charge in [-0.3, -0.25) is 4.79 Å². The number of para-hydroxylation sites is 3. The number of aromatic nitrogens is 2. The van der Waals surface area contributed by atoms with Crippen LogP contribution in [0, 0.1) is 5.82 Å². The van der Waals surface area contributed by atoms with Crippen LogP contribution >= 0.6 is 0 Å². The largest absolute Gasteiger partial charge is 0.494 e. The third kappa shape index (κ3) is 4.11. The van der Waals surface area contributed by atoms with Crippen molar-refractivity contribution in [3.05, 3.63) is 89.5 Å². The highest BCUT2D eigenvalue weighted by Gasteiger charge is 2.12. The molecule has 6 heteroatoms. The first-order valence-electron chi connectivity index (χ1n) is 9.30. The molecule has 4 aromatic rings. The van der Waals surface area contributed by atoms with Crippen molar-refractivity contribution >= 4 is 22.6 Å². The predicted octanol–water partition coefficient (Wildman–Crippen LogP) is 4.75. The average molecular weight is 389 g/mol. The SMILES string of the molecule is COc1ccc(C(=O)Nc2ccccc2CCc2nc3ccccc3[nH]2)cc1F. The summed E-state index contributed by atoms with van der Waals surface area (Å²) in [4.78, 5) is 20.5. The third-order valence-electron chi connectivity index (χ3n) is 4.75. The van der Waals surface area contributed by atoms with Crippen LogP contribution in [0.1, 0.15) is 21.7 Å². The summed E-state index contributed by atoms with van der Waals surface area (Å²) in [5, 5.41) is 2.88. The number of fused-ring (bicyclic) bond motifs is 1. The van der Waals surface area contributed by atoms with Gasteiger partial charge >= 0.3 is 0 Å². The molecular formula is C23H20FN3O2. The summed E-state index contributed by atoms with van der Waals surface area (Å²) in [6.07, 6.45) is 1.41. The monoisotopic (exact) mass is 389 g/mol. The Balaban J connectivity index is 1.49. The molecule has 146 valence electrons. The highest BCUT2D eigenvalue weighted by molar-refractivity contribution is 6.04. The number of anilines is 1. The number of nitrogens with one attached hydrogen (secondary N) is 2. The molecular weight excluding hydrogens is 369 g/mol. The maximum atomic E-state index is 13.9. The molecule has 0 spiro atoms. The first-order valence-corrected chi connectivity index (χ1v) is 9.30. The summed E-state index contributed by atoms with van der Waals surface area (Å²) in [5.41, 5.74) is 3.85. The minimum Gasteiger partial charge on any atom is -0.494 e. The van der Waals surface area contributed by atoms with Crippen LogP contribution in [0.4, 0.5) is 10.1 Å². The molecule has 1 heterocycles. The van der Waals surface area contributed by atoms with Gasteiger partial charge in [0.05, 0.1) is 18.1 Å². The minimum absolute atomic E-state index is 0.104. The van der Waals surface area contributed by atoms with Crippen LogP contribution < -0.4 is 10.1 Å². The quantitative estimate of drug-likeness (QED) is 0.500. The van der Waals surface area contributed by atoms with Crippen LogP contribution in [0.3, 0.4) is 0 Å². The van der Waals surface area contributed by atoms with Gasteiger partial charge in [-0.05, 0) is 48.4 Å². The van der Waals surface area contributed by atoms with Crippen LogP contribution in [0.15, 0.2) is 66.7 Å². The molecule has 1 amide bonds. The fraction of sp³-hybridized carbons (Fsp3) is 0.130. The number of aryl methyl sites for hydroxylation is 2. The molecule has 0 aliphatic rings. The molecule has 2 N–H and O–H groups in total. The summed E-state index contributed by atoms with van der Waals surface area (Å²) >= 11 is 0. The van der Waals surface area contributed by atoms with Gasteiger partial charge in [0, 0.05) is 17.7 Å². The topological polar surface area (TPSA) is 67.0 Å². The van der Waals surface area contributed by atoms with E-state index in [2.05, 4.69) is 15.3 Å². The standard InChI is InChI=1S/C23H20FN3O2/c1-29-21-12-10-16(14-17(21)24)23(28)27-18-7-3-2-6-15(18)11-13-22-25-19-8-4-5-9-20(19)26-22/h2-10,12,14H,11,13H2,1H3,(H,25,26)(H,27,28). The van der Waals surface area contributed by atoms with Crippen molar-refractivity contribution in [2.45, 2.75) is 12.8 Å². The molecule has 0 saturated heterocycles. The van der Waals surface area contributed by atoms with Gasteiger partial charge in [0.2, 0.25) is 0 Å². The van der Waals surface area contributed by atoms with E-state index in [1.54, 1.807) is 0 Å². The Labute approximate surface area is 167 Å². The zero-order chi connectivity index (χ0) is 20.2. The zero-order valence-electron chi connectivity index (χ0n) is 15.9. The van der Waals surface area contributed by atoms with Gasteiger partial charge in [0.1, 0.15) is 5.82 Å². The van der Waals surface area contributed by atoms with Crippen LogP contribution in [-0.2, 0) is 12.8 Å². The predicted molar refractivity (Wildman–Crippen MR) is 111 cm³/mol. The summed E-state index contributed by atoms with van der Waals surface area (Å²) in [7, 11) is 1.39. The molecule has 5 nitrogen and oxygen atoms in total. The molecule has 0 fully saturated rings. The smallest absolute Gasteiger partial charge is 0.255 e. The molecule has 0 saturated carbocycles. The van der Waals surface area contributed by atoms with Gasteiger partial charge in [0.25, 0.3) is 5.91 Å². The number of carbonyl (C=O) groups excluding carboxylic acids is 1. The molecule has 4 rings (SSSR count). The number of amides is 1. The lowest BCUT2D eigenvalue weighted by molar-refractivity contribution is 0.102. The van der Waals surface area contributed by atoms with Gasteiger partial charge < -0.3 is 15.0 Å². The van der Waals surface area contributed by atoms with Crippen molar-refractivity contribution in [1.82, 2.24) is 9.97 Å². The number of imidazole rings is 1. The second-order valence-electron chi connectivity index (χ2n) is 6.66. The number of aromatic amines is 1. The highest BCUT2D eigenvalue weighted by Crippen LogP contribution is 2.21. The molecule has 0 aliphatic carbocycles. The van der Waals surface area contributed by atoms with Crippen LogP contribution in [0.2, 0.25) is 0 Å². The Hall–Kier alpha value is -3.67. The van der Waals surface area contributed by atoms with E-state index in [0.717, 1.165) is 22.4 Å². The second-order valence-corrected chi connectivity index (χ2v) is 6.66. The molecule has 0 unspecified atom stereocenters. The van der Waals surface area contributed by atoms with E-state index in [-0.39, 0.29) is 17.2 Å². The number of methoxy groups -OCH3 is 1. The Morgan fingerprint density at radius 3 is 2.66 bits per heavy atom. The van der Waals surface area contributed by atoms with Crippen molar-refractivity contribution in [2.75, 3.05) is 12.4 Å². The lowest BCUT2D eigenvalue weighted by Crippen LogP contribution is -2.14.